The number of aliphatic hydroxyl groups is 1. The standard InChI is InChI=1S/C21H23F3N6O2/c1-13-8-17(26-12-25-13)30-7-3-6-20(32,11-30)10-29(2)18(31)14-4-5-15-16(9-14)28-19(27-15)21(22,23)24/h4-5,8-9,12,32H,3,6-7,10-11H2,1-2H3,(H,27,28). The summed E-state index contributed by atoms with van der Waals surface area (Å²) in [5, 5.41) is 11.2. The van der Waals surface area contributed by atoms with Crippen molar-refractivity contribution in [3.8, 4) is 0 Å². The molecular formula is C21H23F3N6O2. The van der Waals surface area contributed by atoms with Gasteiger partial charge in [0.25, 0.3) is 5.91 Å². The van der Waals surface area contributed by atoms with Crippen molar-refractivity contribution in [3.05, 3.63) is 47.7 Å². The maximum absolute atomic E-state index is 12.9. The van der Waals surface area contributed by atoms with E-state index in [0.717, 1.165) is 24.5 Å². The summed E-state index contributed by atoms with van der Waals surface area (Å²) in [6, 6.07) is 5.99. The van der Waals surface area contributed by atoms with Crippen LogP contribution in [0.5, 0.6) is 0 Å². The van der Waals surface area contributed by atoms with Crippen molar-refractivity contribution in [1.29, 1.82) is 0 Å². The van der Waals surface area contributed by atoms with Gasteiger partial charge in [-0.1, -0.05) is 0 Å². The van der Waals surface area contributed by atoms with Crippen molar-refractivity contribution in [1.82, 2.24) is 24.8 Å². The zero-order chi connectivity index (χ0) is 23.1. The summed E-state index contributed by atoms with van der Waals surface area (Å²) in [6.07, 6.45) is -1.89. The molecule has 1 amide bonds. The van der Waals surface area contributed by atoms with Crippen molar-refractivity contribution >= 4 is 22.8 Å². The van der Waals surface area contributed by atoms with Crippen LogP contribution in [0, 0.1) is 6.92 Å². The van der Waals surface area contributed by atoms with Crippen LogP contribution < -0.4 is 4.90 Å². The summed E-state index contributed by atoms with van der Waals surface area (Å²) in [7, 11) is 1.56. The zero-order valence-electron chi connectivity index (χ0n) is 17.6. The molecule has 0 bridgehead atoms. The lowest BCUT2D eigenvalue weighted by Crippen LogP contribution is -2.54. The third-order valence-corrected chi connectivity index (χ3v) is 5.54. The molecule has 8 nitrogen and oxygen atoms in total. The lowest BCUT2D eigenvalue weighted by atomic mass is 9.92. The molecule has 3 heterocycles. The number of H-pyrrole nitrogens is 1. The summed E-state index contributed by atoms with van der Waals surface area (Å²) < 4.78 is 38.7. The smallest absolute Gasteiger partial charge is 0.386 e. The number of rotatable bonds is 4. The number of carbonyl (C=O) groups excluding carboxylic acids is 1. The highest BCUT2D eigenvalue weighted by molar-refractivity contribution is 5.97. The number of carbonyl (C=O) groups is 1. The van der Waals surface area contributed by atoms with Gasteiger partial charge in [-0.3, -0.25) is 4.79 Å². The second-order valence-electron chi connectivity index (χ2n) is 8.24. The number of aromatic amines is 1. The highest BCUT2D eigenvalue weighted by Crippen LogP contribution is 2.29. The predicted molar refractivity (Wildman–Crippen MR) is 111 cm³/mol. The van der Waals surface area contributed by atoms with Crippen LogP contribution in [0.4, 0.5) is 19.0 Å². The molecule has 1 saturated heterocycles. The van der Waals surface area contributed by atoms with Crippen molar-refractivity contribution in [2.24, 2.45) is 0 Å². The normalized spacial score (nSPS) is 19.4. The molecule has 4 rings (SSSR count). The number of hydrogen-bond acceptors (Lipinski definition) is 6. The van der Waals surface area contributed by atoms with Gasteiger partial charge in [0.2, 0.25) is 5.82 Å². The molecule has 2 aromatic heterocycles. The lowest BCUT2D eigenvalue weighted by molar-refractivity contribution is -0.144. The van der Waals surface area contributed by atoms with E-state index < -0.39 is 23.5 Å². The maximum Gasteiger partial charge on any atom is 0.449 e. The van der Waals surface area contributed by atoms with E-state index in [0.29, 0.717) is 13.0 Å². The lowest BCUT2D eigenvalue weighted by Gasteiger charge is -2.41. The SMILES string of the molecule is Cc1cc(N2CCCC(O)(CN(C)C(=O)c3ccc4nc(C(F)(F)F)[nH]c4c3)C2)ncn1. The molecule has 0 radical (unpaired) electrons. The van der Waals surface area contributed by atoms with Gasteiger partial charge < -0.3 is 19.9 Å². The largest absolute Gasteiger partial charge is 0.449 e. The van der Waals surface area contributed by atoms with Crippen LogP contribution >= 0.6 is 0 Å². The summed E-state index contributed by atoms with van der Waals surface area (Å²) >= 11 is 0. The number of hydrogen-bond donors (Lipinski definition) is 2. The summed E-state index contributed by atoms with van der Waals surface area (Å²) in [4.78, 5) is 30.4. The number of anilines is 1. The van der Waals surface area contributed by atoms with Gasteiger partial charge >= 0.3 is 6.18 Å². The van der Waals surface area contributed by atoms with Gasteiger partial charge in [-0.05, 0) is 38.0 Å². The molecule has 1 aliphatic heterocycles. The van der Waals surface area contributed by atoms with Crippen LogP contribution in [-0.2, 0) is 6.18 Å². The Morgan fingerprint density at radius 3 is 2.81 bits per heavy atom. The molecule has 0 spiro atoms. The Bertz CT molecular complexity index is 1150. The number of amides is 1. The van der Waals surface area contributed by atoms with E-state index in [4.69, 9.17) is 0 Å². The zero-order valence-corrected chi connectivity index (χ0v) is 17.6. The maximum atomic E-state index is 12.9. The molecule has 1 aliphatic rings. The van der Waals surface area contributed by atoms with Gasteiger partial charge in [-0.25, -0.2) is 15.0 Å². The number of halogens is 3. The Morgan fingerprint density at radius 2 is 2.09 bits per heavy atom. The molecule has 0 aliphatic carbocycles. The Kier molecular flexibility index (Phi) is 5.53. The number of benzene rings is 1. The number of alkyl halides is 3. The topological polar surface area (TPSA) is 98.2 Å². The molecule has 1 aromatic carbocycles. The van der Waals surface area contributed by atoms with Crippen molar-refractivity contribution in [3.63, 3.8) is 0 Å². The van der Waals surface area contributed by atoms with E-state index in [2.05, 4.69) is 19.9 Å². The minimum Gasteiger partial charge on any atom is -0.386 e. The fourth-order valence-electron chi connectivity index (χ4n) is 4.06. The summed E-state index contributed by atoms with van der Waals surface area (Å²) in [6.45, 7) is 2.97. The predicted octanol–water partition coefficient (Wildman–Crippen LogP) is 2.78. The Hall–Kier alpha value is -3.21. The number of imidazole rings is 1. The first kappa shape index (κ1) is 22.0. The molecular weight excluding hydrogens is 425 g/mol. The van der Waals surface area contributed by atoms with Crippen LogP contribution in [-0.4, -0.2) is 68.1 Å². The van der Waals surface area contributed by atoms with Gasteiger partial charge in [-0.2, -0.15) is 13.2 Å². The van der Waals surface area contributed by atoms with Gasteiger partial charge in [0.1, 0.15) is 12.1 Å². The second kappa shape index (κ2) is 8.05. The molecule has 0 saturated carbocycles. The third-order valence-electron chi connectivity index (χ3n) is 5.54. The first-order chi connectivity index (χ1) is 15.0. The fourth-order valence-corrected chi connectivity index (χ4v) is 4.06. The van der Waals surface area contributed by atoms with E-state index in [1.54, 1.807) is 7.05 Å². The number of likely N-dealkylation sites (N-methyl/N-ethyl adjacent to an activating group) is 1. The summed E-state index contributed by atoms with van der Waals surface area (Å²) in [5.41, 5.74) is 0.124. The number of nitrogens with one attached hydrogen (secondary N) is 1. The van der Waals surface area contributed by atoms with Gasteiger partial charge in [0.05, 0.1) is 23.2 Å². The van der Waals surface area contributed by atoms with E-state index in [-0.39, 0.29) is 23.1 Å². The van der Waals surface area contributed by atoms with Crippen molar-refractivity contribution < 1.29 is 23.1 Å². The molecule has 2 N–H and O–H groups in total. The van der Waals surface area contributed by atoms with Crippen LogP contribution in [0.25, 0.3) is 11.0 Å². The van der Waals surface area contributed by atoms with Crippen molar-refractivity contribution in [2.45, 2.75) is 31.5 Å². The molecule has 32 heavy (non-hydrogen) atoms. The Balaban J connectivity index is 1.49. The number of piperidine rings is 1. The monoisotopic (exact) mass is 448 g/mol. The third kappa shape index (κ3) is 4.52. The van der Waals surface area contributed by atoms with E-state index in [1.165, 1.54) is 29.4 Å². The first-order valence-electron chi connectivity index (χ1n) is 10.1. The van der Waals surface area contributed by atoms with Crippen LogP contribution in [0.1, 0.15) is 34.7 Å². The molecule has 1 atom stereocenters. The fraction of sp³-hybridized carbons (Fsp3) is 0.429. The average molecular weight is 448 g/mol. The molecule has 11 heteroatoms. The number of nitrogens with zero attached hydrogens (tertiary/aromatic N) is 5. The Morgan fingerprint density at radius 1 is 1.31 bits per heavy atom. The number of aromatic nitrogens is 4. The summed E-state index contributed by atoms with van der Waals surface area (Å²) in [5.74, 6) is -0.796. The molecule has 170 valence electrons. The first-order valence-corrected chi connectivity index (χ1v) is 10.1. The van der Waals surface area contributed by atoms with E-state index >= 15 is 0 Å². The van der Waals surface area contributed by atoms with E-state index in [9.17, 15) is 23.1 Å². The minimum absolute atomic E-state index is 0.0706. The van der Waals surface area contributed by atoms with Crippen LogP contribution in [0.15, 0.2) is 30.6 Å². The highest BCUT2D eigenvalue weighted by atomic mass is 19.4. The number of fused-ring (bicyclic) bond motifs is 1. The Labute approximate surface area is 182 Å². The quantitative estimate of drug-likeness (QED) is 0.637. The van der Waals surface area contributed by atoms with Crippen LogP contribution in [0.3, 0.4) is 0 Å². The second-order valence-corrected chi connectivity index (χ2v) is 8.24. The molecule has 1 fully saturated rings. The van der Waals surface area contributed by atoms with Gasteiger partial charge in [0.15, 0.2) is 0 Å². The minimum atomic E-state index is -4.60. The highest BCUT2D eigenvalue weighted by Gasteiger charge is 2.37. The molecule has 1 unspecified atom stereocenters. The average Bonchev–Trinajstić information content (AvgIpc) is 3.17. The van der Waals surface area contributed by atoms with Crippen molar-refractivity contribution in [2.75, 3.05) is 31.6 Å². The number of β-amino-alcohol motifs (C(OH)–C–C–N with tert-alkyl or cyclic N) is 1. The van der Waals surface area contributed by atoms with Gasteiger partial charge in [-0.15, -0.1) is 0 Å². The van der Waals surface area contributed by atoms with Crippen LogP contribution in [0.2, 0.25) is 0 Å². The molecule has 3 aromatic rings. The van der Waals surface area contributed by atoms with Gasteiger partial charge in [0, 0.05) is 37.5 Å². The van der Waals surface area contributed by atoms with E-state index in [1.807, 2.05) is 17.9 Å². The number of aryl methyl sites for hydroxylation is 1.